The van der Waals surface area contributed by atoms with Crippen molar-refractivity contribution in [2.24, 2.45) is 0 Å². The zero-order valence-electron chi connectivity index (χ0n) is 19.6. The average Bonchev–Trinajstić information content (AvgIpc) is 2.87. The third-order valence-corrected chi connectivity index (χ3v) is 6.54. The van der Waals surface area contributed by atoms with E-state index in [2.05, 4.69) is 4.98 Å². The molecule has 35 heavy (non-hydrogen) atoms. The number of halogens is 1. The Hall–Kier alpha value is -3.49. The van der Waals surface area contributed by atoms with Crippen molar-refractivity contribution in [2.45, 2.75) is 18.6 Å². The van der Waals surface area contributed by atoms with E-state index in [4.69, 9.17) is 4.74 Å². The van der Waals surface area contributed by atoms with Crippen LogP contribution in [0.4, 0.5) is 4.39 Å². The number of hydrogen-bond acceptors (Lipinski definition) is 5. The summed E-state index contributed by atoms with van der Waals surface area (Å²) in [6, 6.07) is 21.4. The van der Waals surface area contributed by atoms with Gasteiger partial charge in [0.05, 0.1) is 29.0 Å². The van der Waals surface area contributed by atoms with Crippen LogP contribution in [0.2, 0.25) is 0 Å². The Morgan fingerprint density at radius 1 is 1.09 bits per heavy atom. The first-order chi connectivity index (χ1) is 17.0. The summed E-state index contributed by atoms with van der Waals surface area (Å²) >= 11 is 1.16. The molecule has 1 heterocycles. The van der Waals surface area contributed by atoms with E-state index in [0.29, 0.717) is 47.0 Å². The molecular formula is C27H26FN3O3S. The molecule has 3 aromatic carbocycles. The van der Waals surface area contributed by atoms with Crippen LogP contribution in [-0.4, -0.2) is 46.4 Å². The lowest BCUT2D eigenvalue weighted by atomic mass is 10.2. The minimum absolute atomic E-state index is 0.0652. The molecule has 1 amide bonds. The first kappa shape index (κ1) is 24.6. The summed E-state index contributed by atoms with van der Waals surface area (Å²) in [5.74, 6) is -0.460. The number of rotatable bonds is 9. The van der Waals surface area contributed by atoms with Gasteiger partial charge in [-0.1, -0.05) is 60.3 Å². The molecule has 0 aliphatic heterocycles. The summed E-state index contributed by atoms with van der Waals surface area (Å²) in [6.07, 6.45) is 0. The molecule has 6 nitrogen and oxygen atoms in total. The molecule has 0 bridgehead atoms. The van der Waals surface area contributed by atoms with Gasteiger partial charge in [0.15, 0.2) is 5.16 Å². The highest BCUT2D eigenvalue weighted by Gasteiger charge is 2.19. The molecule has 0 fully saturated rings. The van der Waals surface area contributed by atoms with E-state index in [9.17, 15) is 14.0 Å². The maximum absolute atomic E-state index is 14.4. The number of methoxy groups -OCH3 is 1. The van der Waals surface area contributed by atoms with Crippen LogP contribution in [0.3, 0.4) is 0 Å². The van der Waals surface area contributed by atoms with E-state index in [1.165, 1.54) is 10.6 Å². The molecule has 0 radical (unpaired) electrons. The van der Waals surface area contributed by atoms with Gasteiger partial charge in [-0.2, -0.15) is 0 Å². The van der Waals surface area contributed by atoms with Gasteiger partial charge in [0.25, 0.3) is 5.56 Å². The molecule has 0 saturated carbocycles. The predicted molar refractivity (Wildman–Crippen MR) is 136 cm³/mol. The summed E-state index contributed by atoms with van der Waals surface area (Å²) in [7, 11) is 1.60. The molecule has 0 atom stereocenters. The Morgan fingerprint density at radius 3 is 2.57 bits per heavy atom. The van der Waals surface area contributed by atoms with Crippen LogP contribution in [0.1, 0.15) is 11.1 Å². The van der Waals surface area contributed by atoms with Crippen molar-refractivity contribution in [3.05, 3.63) is 100 Å². The number of aromatic nitrogens is 2. The number of fused-ring (bicyclic) bond motifs is 1. The zero-order valence-corrected chi connectivity index (χ0v) is 20.4. The minimum Gasteiger partial charge on any atom is -0.383 e. The Morgan fingerprint density at radius 2 is 1.83 bits per heavy atom. The number of ether oxygens (including phenoxy) is 1. The second-order valence-electron chi connectivity index (χ2n) is 8.07. The predicted octanol–water partition coefficient (Wildman–Crippen LogP) is 4.60. The molecule has 180 valence electrons. The quantitative estimate of drug-likeness (QED) is 0.253. The number of benzene rings is 3. The van der Waals surface area contributed by atoms with E-state index < -0.39 is 5.82 Å². The Labute approximate surface area is 207 Å². The van der Waals surface area contributed by atoms with Crippen LogP contribution in [0, 0.1) is 12.7 Å². The number of para-hydroxylation sites is 1. The Bertz CT molecular complexity index is 1390. The minimum atomic E-state index is -0.414. The number of amides is 1. The molecule has 0 unspecified atom stereocenters. The highest BCUT2D eigenvalue weighted by Crippen LogP contribution is 2.23. The molecule has 1 aromatic heterocycles. The van der Waals surface area contributed by atoms with Crippen LogP contribution >= 0.6 is 11.8 Å². The van der Waals surface area contributed by atoms with Crippen molar-refractivity contribution in [1.82, 2.24) is 14.5 Å². The summed E-state index contributed by atoms with van der Waals surface area (Å²) in [4.78, 5) is 33.0. The number of carbonyl (C=O) groups excluding carboxylic acids is 1. The van der Waals surface area contributed by atoms with Gasteiger partial charge in [-0.05, 0) is 42.3 Å². The molecule has 0 aliphatic rings. The summed E-state index contributed by atoms with van der Waals surface area (Å²) in [5.41, 5.74) is 2.07. The van der Waals surface area contributed by atoms with Gasteiger partial charge >= 0.3 is 0 Å². The lowest BCUT2D eigenvalue weighted by Gasteiger charge is -2.23. The highest BCUT2D eigenvalue weighted by atomic mass is 32.2. The number of thioether (sulfide) groups is 1. The van der Waals surface area contributed by atoms with Crippen molar-refractivity contribution in [2.75, 3.05) is 26.0 Å². The number of nitrogens with zero attached hydrogens (tertiary/aromatic N) is 3. The van der Waals surface area contributed by atoms with Crippen molar-refractivity contribution in [3.8, 4) is 5.69 Å². The molecule has 8 heteroatoms. The number of aryl methyl sites for hydroxylation is 1. The van der Waals surface area contributed by atoms with Crippen LogP contribution in [-0.2, 0) is 16.1 Å². The average molecular weight is 492 g/mol. The van der Waals surface area contributed by atoms with E-state index >= 15 is 0 Å². The molecule has 0 spiro atoms. The van der Waals surface area contributed by atoms with Gasteiger partial charge in [0.1, 0.15) is 5.82 Å². The van der Waals surface area contributed by atoms with Crippen LogP contribution in [0.25, 0.3) is 16.6 Å². The summed E-state index contributed by atoms with van der Waals surface area (Å²) in [6.45, 7) is 2.96. The van der Waals surface area contributed by atoms with Gasteiger partial charge in [0.2, 0.25) is 5.91 Å². The first-order valence-corrected chi connectivity index (χ1v) is 12.2. The summed E-state index contributed by atoms with van der Waals surface area (Å²) < 4.78 is 20.9. The molecular weight excluding hydrogens is 465 g/mol. The zero-order chi connectivity index (χ0) is 24.8. The van der Waals surface area contributed by atoms with Gasteiger partial charge in [-0.15, -0.1) is 0 Å². The SMILES string of the molecule is COCCN(Cc1ccccc1)C(=O)CSc1nc2ccccc2c(=O)n1-c1ccc(C)c(F)c1. The standard InChI is InChI=1S/C27H26FN3O3S/c1-19-12-13-21(16-23(19)28)31-26(33)22-10-6-7-11-24(22)29-27(31)35-18-25(32)30(14-15-34-2)17-20-8-4-3-5-9-20/h3-13,16H,14-15,17-18H2,1-2H3. The molecule has 0 N–H and O–H groups in total. The smallest absolute Gasteiger partial charge is 0.266 e. The van der Waals surface area contributed by atoms with Gasteiger partial charge in [-0.25, -0.2) is 9.37 Å². The number of carbonyl (C=O) groups is 1. The van der Waals surface area contributed by atoms with E-state index in [1.807, 2.05) is 30.3 Å². The maximum atomic E-state index is 14.4. The molecule has 4 rings (SSSR count). The second-order valence-corrected chi connectivity index (χ2v) is 9.01. The normalized spacial score (nSPS) is 11.1. The van der Waals surface area contributed by atoms with E-state index in [-0.39, 0.29) is 17.2 Å². The Kier molecular flexibility index (Phi) is 7.94. The van der Waals surface area contributed by atoms with Crippen LogP contribution in [0.5, 0.6) is 0 Å². The highest BCUT2D eigenvalue weighted by molar-refractivity contribution is 7.99. The molecule has 0 saturated heterocycles. The van der Waals surface area contributed by atoms with Crippen LogP contribution < -0.4 is 5.56 Å². The van der Waals surface area contributed by atoms with Crippen molar-refractivity contribution < 1.29 is 13.9 Å². The van der Waals surface area contributed by atoms with E-state index in [0.717, 1.165) is 17.3 Å². The lowest BCUT2D eigenvalue weighted by Crippen LogP contribution is -2.35. The number of hydrogen-bond donors (Lipinski definition) is 0. The second kappa shape index (κ2) is 11.3. The summed E-state index contributed by atoms with van der Waals surface area (Å²) in [5, 5.41) is 0.756. The third-order valence-electron chi connectivity index (χ3n) is 5.62. The first-order valence-electron chi connectivity index (χ1n) is 11.2. The Balaban J connectivity index is 1.66. The molecule has 0 aliphatic carbocycles. The fraction of sp³-hybridized carbons (Fsp3) is 0.222. The molecule has 4 aromatic rings. The van der Waals surface area contributed by atoms with E-state index in [1.54, 1.807) is 55.3 Å². The topological polar surface area (TPSA) is 64.4 Å². The fourth-order valence-corrected chi connectivity index (χ4v) is 4.59. The fourth-order valence-electron chi connectivity index (χ4n) is 3.67. The van der Waals surface area contributed by atoms with Crippen LogP contribution in [0.15, 0.2) is 82.7 Å². The largest absolute Gasteiger partial charge is 0.383 e. The van der Waals surface area contributed by atoms with Gasteiger partial charge in [0, 0.05) is 20.2 Å². The van der Waals surface area contributed by atoms with Gasteiger partial charge in [-0.3, -0.25) is 14.2 Å². The lowest BCUT2D eigenvalue weighted by molar-refractivity contribution is -0.129. The van der Waals surface area contributed by atoms with Gasteiger partial charge < -0.3 is 9.64 Å². The van der Waals surface area contributed by atoms with Crippen molar-refractivity contribution in [3.63, 3.8) is 0 Å². The third kappa shape index (κ3) is 5.78. The maximum Gasteiger partial charge on any atom is 0.266 e. The van der Waals surface area contributed by atoms with Crippen molar-refractivity contribution >= 4 is 28.6 Å². The van der Waals surface area contributed by atoms with Crippen molar-refractivity contribution in [1.29, 1.82) is 0 Å². The monoisotopic (exact) mass is 491 g/mol.